The molecule has 1 saturated carbocycles. The molecule has 0 unspecified atom stereocenters. The van der Waals surface area contributed by atoms with Gasteiger partial charge in [0.25, 0.3) is 0 Å². The number of benzene rings is 1. The number of aryl methyl sites for hydroxylation is 2. The van der Waals surface area contributed by atoms with Crippen LogP contribution in [-0.4, -0.2) is 26.3 Å². The lowest BCUT2D eigenvalue weighted by atomic mass is 9.86. The van der Waals surface area contributed by atoms with E-state index in [0.29, 0.717) is 5.92 Å². The van der Waals surface area contributed by atoms with Crippen LogP contribution in [0.4, 0.5) is 5.69 Å². The van der Waals surface area contributed by atoms with Crippen molar-refractivity contribution in [3.05, 3.63) is 40.8 Å². The molecular formula is C22H32N2O2S2. The topological polar surface area (TPSA) is 58.2 Å². The Labute approximate surface area is 173 Å². The van der Waals surface area contributed by atoms with Crippen LogP contribution in [0.5, 0.6) is 0 Å². The van der Waals surface area contributed by atoms with E-state index in [2.05, 4.69) is 53.5 Å². The normalized spacial score (nSPS) is 20.5. The summed E-state index contributed by atoms with van der Waals surface area (Å²) >= 11 is 1.79. The second kappa shape index (κ2) is 8.97. The van der Waals surface area contributed by atoms with E-state index in [1.54, 1.807) is 25.2 Å². The number of nitrogens with one attached hydrogen (secondary N) is 2. The van der Waals surface area contributed by atoms with Crippen molar-refractivity contribution >= 4 is 27.0 Å². The van der Waals surface area contributed by atoms with E-state index in [0.717, 1.165) is 32.2 Å². The van der Waals surface area contributed by atoms with E-state index >= 15 is 0 Å². The number of hydrogen-bond donors (Lipinski definition) is 2. The minimum atomic E-state index is -3.17. The fourth-order valence-corrected chi connectivity index (χ4v) is 5.58. The lowest BCUT2D eigenvalue weighted by Crippen LogP contribution is -2.41. The predicted octanol–water partition coefficient (Wildman–Crippen LogP) is 5.33. The van der Waals surface area contributed by atoms with Crippen LogP contribution in [-0.2, 0) is 10.0 Å². The number of thiophene rings is 1. The number of rotatable bonds is 7. The molecule has 28 heavy (non-hydrogen) atoms. The highest BCUT2D eigenvalue weighted by Crippen LogP contribution is 2.31. The van der Waals surface area contributed by atoms with Crippen LogP contribution in [0.15, 0.2) is 29.6 Å². The molecule has 0 atom stereocenters. The average Bonchev–Trinajstić information content (AvgIpc) is 3.08. The van der Waals surface area contributed by atoms with Gasteiger partial charge < -0.3 is 5.32 Å². The zero-order valence-electron chi connectivity index (χ0n) is 17.3. The van der Waals surface area contributed by atoms with Gasteiger partial charge in [-0.3, -0.25) is 0 Å². The van der Waals surface area contributed by atoms with E-state index in [4.69, 9.17) is 0 Å². The number of sulfonamides is 1. The minimum Gasteiger partial charge on any atom is -0.385 e. The summed E-state index contributed by atoms with van der Waals surface area (Å²) in [6, 6.07) is 8.96. The zero-order chi connectivity index (χ0) is 20.3. The Morgan fingerprint density at radius 3 is 2.39 bits per heavy atom. The third-order valence-corrected chi connectivity index (χ3v) is 8.62. The molecule has 154 valence electrons. The van der Waals surface area contributed by atoms with Crippen molar-refractivity contribution in [3.63, 3.8) is 0 Å². The first-order chi connectivity index (χ1) is 13.2. The highest BCUT2D eigenvalue weighted by Gasteiger charge is 2.26. The quantitative estimate of drug-likeness (QED) is 0.636. The molecule has 1 aromatic carbocycles. The fraction of sp³-hybridized carbons (Fsp3) is 0.545. The molecule has 4 nitrogen and oxygen atoms in total. The van der Waals surface area contributed by atoms with Gasteiger partial charge in [0.1, 0.15) is 0 Å². The third kappa shape index (κ3) is 5.37. The van der Waals surface area contributed by atoms with Gasteiger partial charge in [0.15, 0.2) is 0 Å². The lowest BCUT2D eigenvalue weighted by Gasteiger charge is -2.30. The van der Waals surface area contributed by atoms with Crippen molar-refractivity contribution < 1.29 is 8.42 Å². The molecule has 1 aliphatic rings. The molecule has 0 spiro atoms. The van der Waals surface area contributed by atoms with Crippen LogP contribution in [0, 0.1) is 19.8 Å². The Balaban J connectivity index is 1.50. The fourth-order valence-electron chi connectivity index (χ4n) is 3.71. The molecule has 2 aromatic rings. The average molecular weight is 421 g/mol. The van der Waals surface area contributed by atoms with Crippen molar-refractivity contribution in [2.45, 2.75) is 64.7 Å². The molecule has 0 aliphatic heterocycles. The van der Waals surface area contributed by atoms with E-state index < -0.39 is 10.0 Å². The van der Waals surface area contributed by atoms with Crippen molar-refractivity contribution in [2.24, 2.45) is 5.92 Å². The summed E-state index contributed by atoms with van der Waals surface area (Å²) in [5, 5.41) is 5.44. The highest BCUT2D eigenvalue weighted by atomic mass is 32.2. The van der Waals surface area contributed by atoms with E-state index in [9.17, 15) is 8.42 Å². The zero-order valence-corrected chi connectivity index (χ0v) is 18.9. The largest absolute Gasteiger partial charge is 0.385 e. The van der Waals surface area contributed by atoms with Crippen LogP contribution in [0.1, 0.15) is 50.7 Å². The van der Waals surface area contributed by atoms with Crippen LogP contribution in [0.2, 0.25) is 0 Å². The van der Waals surface area contributed by atoms with Crippen molar-refractivity contribution in [1.29, 1.82) is 0 Å². The van der Waals surface area contributed by atoms with Gasteiger partial charge in [0.05, 0.1) is 5.25 Å². The number of anilines is 1. The third-order valence-electron chi connectivity index (χ3n) is 5.62. The Bertz CT molecular complexity index is 895. The Kier molecular flexibility index (Phi) is 6.84. The monoisotopic (exact) mass is 420 g/mol. The molecule has 2 N–H and O–H groups in total. The van der Waals surface area contributed by atoms with Gasteiger partial charge in [-0.1, -0.05) is 6.07 Å². The lowest BCUT2D eigenvalue weighted by molar-refractivity contribution is 0.323. The maximum absolute atomic E-state index is 12.0. The minimum absolute atomic E-state index is 0.0962. The van der Waals surface area contributed by atoms with E-state index in [1.165, 1.54) is 27.3 Å². The molecular weight excluding hydrogens is 388 g/mol. The maximum Gasteiger partial charge on any atom is 0.214 e. The summed E-state index contributed by atoms with van der Waals surface area (Å²) in [5.41, 5.74) is 5.05. The summed E-state index contributed by atoms with van der Waals surface area (Å²) in [7, 11) is -3.17. The van der Waals surface area contributed by atoms with Crippen LogP contribution in [0.3, 0.4) is 0 Å². The summed E-state index contributed by atoms with van der Waals surface area (Å²) < 4.78 is 26.9. The molecule has 1 fully saturated rings. The summed E-state index contributed by atoms with van der Waals surface area (Å²) in [6.45, 7) is 8.69. The van der Waals surface area contributed by atoms with Crippen molar-refractivity contribution in [1.82, 2.24) is 4.72 Å². The van der Waals surface area contributed by atoms with Gasteiger partial charge in [-0.15, -0.1) is 11.3 Å². The maximum atomic E-state index is 12.0. The molecule has 1 heterocycles. The van der Waals surface area contributed by atoms with Crippen LogP contribution in [0.25, 0.3) is 10.4 Å². The SMILES string of the molecule is Cc1csc(-c2ccc(NCC3CCC(NS(=O)(=O)C(C)C)CC3)c(C)c2)c1. The summed E-state index contributed by atoms with van der Waals surface area (Å²) in [6.07, 6.45) is 3.97. The predicted molar refractivity (Wildman–Crippen MR) is 121 cm³/mol. The highest BCUT2D eigenvalue weighted by molar-refractivity contribution is 7.90. The molecule has 3 rings (SSSR count). The summed E-state index contributed by atoms with van der Waals surface area (Å²) in [5.74, 6) is 0.596. The van der Waals surface area contributed by atoms with Crippen molar-refractivity contribution in [2.75, 3.05) is 11.9 Å². The molecule has 1 aromatic heterocycles. The Morgan fingerprint density at radius 1 is 1.11 bits per heavy atom. The van der Waals surface area contributed by atoms with Gasteiger partial charge in [-0.2, -0.15) is 0 Å². The molecule has 0 amide bonds. The van der Waals surface area contributed by atoms with Gasteiger partial charge in [0, 0.05) is 23.2 Å². The van der Waals surface area contributed by atoms with E-state index in [-0.39, 0.29) is 11.3 Å². The molecule has 0 bridgehead atoms. The standard InChI is InChI=1S/C22H32N2O2S2/c1-15(2)28(25,26)24-20-8-5-18(6-9-20)13-23-21-10-7-19(12-17(21)4)22-11-16(3)14-27-22/h7,10-12,14-15,18,20,23-24H,5-6,8-9,13H2,1-4H3. The van der Waals surface area contributed by atoms with Crippen LogP contribution >= 0.6 is 11.3 Å². The second-order valence-electron chi connectivity index (χ2n) is 8.33. The second-order valence-corrected chi connectivity index (χ2v) is 11.5. The van der Waals surface area contributed by atoms with Crippen LogP contribution < -0.4 is 10.0 Å². The van der Waals surface area contributed by atoms with Crippen molar-refractivity contribution in [3.8, 4) is 10.4 Å². The molecule has 0 saturated heterocycles. The first-order valence-corrected chi connectivity index (χ1v) is 12.6. The first kappa shape index (κ1) is 21.3. The molecule has 1 aliphatic carbocycles. The Morgan fingerprint density at radius 2 is 1.82 bits per heavy atom. The van der Waals surface area contributed by atoms with Gasteiger partial charge in [-0.25, -0.2) is 13.1 Å². The smallest absolute Gasteiger partial charge is 0.214 e. The molecule has 0 radical (unpaired) electrons. The van der Waals surface area contributed by atoms with E-state index in [1.807, 2.05) is 0 Å². The summed E-state index contributed by atoms with van der Waals surface area (Å²) in [4.78, 5) is 1.31. The van der Waals surface area contributed by atoms with Gasteiger partial charge in [-0.05, 0) is 99.6 Å². The Hall–Kier alpha value is -1.37. The van der Waals surface area contributed by atoms with Gasteiger partial charge in [0.2, 0.25) is 10.0 Å². The first-order valence-electron chi connectivity index (χ1n) is 10.2. The van der Waals surface area contributed by atoms with Gasteiger partial charge >= 0.3 is 0 Å². The number of hydrogen-bond acceptors (Lipinski definition) is 4. The molecule has 6 heteroatoms.